The first-order valence-electron chi connectivity index (χ1n) is 6.78. The number of rotatable bonds is 3. The third-order valence-corrected chi connectivity index (χ3v) is 3.71. The molecule has 4 nitrogen and oxygen atoms in total. The second-order valence-corrected chi connectivity index (χ2v) is 6.22. The molecule has 0 aliphatic carbocycles. The maximum absolute atomic E-state index is 6.23. The second-order valence-electron chi connectivity index (χ2n) is 6.22. The Balaban J connectivity index is 2.66. The Labute approximate surface area is 120 Å². The van der Waals surface area contributed by atoms with Crippen LogP contribution in [0.4, 0.5) is 11.4 Å². The zero-order valence-corrected chi connectivity index (χ0v) is 12.6. The van der Waals surface area contributed by atoms with Crippen LogP contribution in [-0.2, 0) is 4.74 Å². The number of pyridine rings is 1. The van der Waals surface area contributed by atoms with Gasteiger partial charge in [0.1, 0.15) is 0 Å². The number of nitrogens with two attached hydrogens (primary N) is 2. The third kappa shape index (κ3) is 2.56. The van der Waals surface area contributed by atoms with Crippen LogP contribution < -0.4 is 11.5 Å². The molecule has 108 valence electrons. The van der Waals surface area contributed by atoms with Crippen molar-refractivity contribution in [1.29, 1.82) is 0 Å². The normalized spacial score (nSPS) is 13.6. The van der Waals surface area contributed by atoms with Crippen LogP contribution in [0.5, 0.6) is 0 Å². The lowest BCUT2D eigenvalue weighted by molar-refractivity contribution is 0.131. The molecule has 2 aromatic rings. The largest absolute Gasteiger partial charge is 0.396 e. The van der Waals surface area contributed by atoms with E-state index >= 15 is 0 Å². The monoisotopic (exact) mass is 273 g/mol. The number of ether oxygens (including phenoxy) is 1. The summed E-state index contributed by atoms with van der Waals surface area (Å²) in [5.74, 6) is 0.0967. The van der Waals surface area contributed by atoms with E-state index in [4.69, 9.17) is 21.2 Å². The van der Waals surface area contributed by atoms with Crippen molar-refractivity contribution in [2.45, 2.75) is 26.7 Å². The Morgan fingerprint density at radius 3 is 2.40 bits per heavy atom. The van der Waals surface area contributed by atoms with Gasteiger partial charge >= 0.3 is 0 Å². The number of methoxy groups -OCH3 is 1. The van der Waals surface area contributed by atoms with E-state index in [1.54, 1.807) is 7.11 Å². The Bertz CT molecular complexity index is 617. The average molecular weight is 273 g/mol. The van der Waals surface area contributed by atoms with Gasteiger partial charge in [-0.25, -0.2) is 0 Å². The van der Waals surface area contributed by atoms with Crippen molar-refractivity contribution in [1.82, 2.24) is 4.98 Å². The van der Waals surface area contributed by atoms with Gasteiger partial charge in [-0.3, -0.25) is 4.98 Å². The highest BCUT2D eigenvalue weighted by molar-refractivity contribution is 5.96. The van der Waals surface area contributed by atoms with Gasteiger partial charge in [0.25, 0.3) is 0 Å². The number of hydrogen-bond donors (Lipinski definition) is 2. The summed E-state index contributed by atoms with van der Waals surface area (Å²) >= 11 is 0. The molecular formula is C16H23N3O. The van der Waals surface area contributed by atoms with Crippen molar-refractivity contribution < 1.29 is 4.74 Å². The molecule has 0 saturated carbocycles. The lowest BCUT2D eigenvalue weighted by atomic mass is 9.78. The smallest absolute Gasteiger partial charge is 0.0777 e. The molecule has 0 bridgehead atoms. The SMILES string of the molecule is COC[C@H](c1nc2ccccc2c(N)c1N)C(C)(C)C. The molecule has 0 radical (unpaired) electrons. The summed E-state index contributed by atoms with van der Waals surface area (Å²) in [7, 11) is 1.69. The number of fused-ring (bicyclic) bond motifs is 1. The molecule has 1 aromatic carbocycles. The van der Waals surface area contributed by atoms with Crippen LogP contribution >= 0.6 is 0 Å². The Hall–Kier alpha value is -1.81. The summed E-state index contributed by atoms with van der Waals surface area (Å²) in [6.07, 6.45) is 0. The predicted molar refractivity (Wildman–Crippen MR) is 84.6 cm³/mol. The fourth-order valence-corrected chi connectivity index (χ4v) is 2.44. The Morgan fingerprint density at radius 1 is 1.15 bits per heavy atom. The summed E-state index contributed by atoms with van der Waals surface area (Å²) in [6.45, 7) is 7.04. The van der Waals surface area contributed by atoms with Crippen LogP contribution in [0, 0.1) is 5.41 Å². The van der Waals surface area contributed by atoms with Gasteiger partial charge in [0, 0.05) is 18.4 Å². The number of nitrogens with zero attached hydrogens (tertiary/aromatic N) is 1. The molecule has 1 atom stereocenters. The van der Waals surface area contributed by atoms with Crippen molar-refractivity contribution in [3.05, 3.63) is 30.0 Å². The van der Waals surface area contributed by atoms with Gasteiger partial charge in [0.05, 0.1) is 29.2 Å². The quantitative estimate of drug-likeness (QED) is 0.900. The molecule has 20 heavy (non-hydrogen) atoms. The van der Waals surface area contributed by atoms with E-state index in [0.717, 1.165) is 16.6 Å². The van der Waals surface area contributed by atoms with Crippen molar-refractivity contribution in [2.75, 3.05) is 25.2 Å². The minimum absolute atomic E-state index is 0.00791. The lowest BCUT2D eigenvalue weighted by Crippen LogP contribution is -2.25. The highest BCUT2D eigenvalue weighted by Gasteiger charge is 2.30. The van der Waals surface area contributed by atoms with Crippen LogP contribution in [-0.4, -0.2) is 18.7 Å². The van der Waals surface area contributed by atoms with Crippen molar-refractivity contribution in [2.24, 2.45) is 5.41 Å². The van der Waals surface area contributed by atoms with Crippen LogP contribution in [0.1, 0.15) is 32.4 Å². The van der Waals surface area contributed by atoms with Gasteiger partial charge in [-0.2, -0.15) is 0 Å². The first-order chi connectivity index (χ1) is 9.36. The molecule has 1 aromatic heterocycles. The maximum atomic E-state index is 6.23. The van der Waals surface area contributed by atoms with Gasteiger partial charge < -0.3 is 16.2 Å². The number of hydrogen-bond acceptors (Lipinski definition) is 4. The second kappa shape index (κ2) is 5.29. The van der Waals surface area contributed by atoms with Crippen molar-refractivity contribution in [3.63, 3.8) is 0 Å². The first kappa shape index (κ1) is 14.6. The summed E-state index contributed by atoms with van der Waals surface area (Å²) in [5.41, 5.74) is 15.3. The average Bonchev–Trinajstić information content (AvgIpc) is 2.39. The summed E-state index contributed by atoms with van der Waals surface area (Å²) in [6, 6.07) is 7.80. The molecule has 0 aliphatic heterocycles. The van der Waals surface area contributed by atoms with Crippen molar-refractivity contribution in [3.8, 4) is 0 Å². The molecule has 1 heterocycles. The lowest BCUT2D eigenvalue weighted by Gasteiger charge is -2.31. The minimum atomic E-state index is -0.00791. The fourth-order valence-electron chi connectivity index (χ4n) is 2.44. The molecule has 4 heteroatoms. The van der Waals surface area contributed by atoms with E-state index in [9.17, 15) is 0 Å². The first-order valence-corrected chi connectivity index (χ1v) is 6.78. The van der Waals surface area contributed by atoms with Gasteiger partial charge in [0.15, 0.2) is 0 Å². The van der Waals surface area contributed by atoms with Crippen LogP contribution in [0.3, 0.4) is 0 Å². The van der Waals surface area contributed by atoms with Crippen molar-refractivity contribution >= 4 is 22.3 Å². The minimum Gasteiger partial charge on any atom is -0.396 e. The zero-order valence-electron chi connectivity index (χ0n) is 12.6. The molecule has 0 aliphatic rings. The third-order valence-electron chi connectivity index (χ3n) is 3.71. The van der Waals surface area contributed by atoms with Crippen LogP contribution in [0.2, 0.25) is 0 Å². The highest BCUT2D eigenvalue weighted by Crippen LogP contribution is 2.40. The number of benzene rings is 1. The molecule has 2 rings (SSSR count). The van der Waals surface area contributed by atoms with Crippen LogP contribution in [0.25, 0.3) is 10.9 Å². The van der Waals surface area contributed by atoms with Gasteiger partial charge in [-0.1, -0.05) is 39.0 Å². The number of nitrogen functional groups attached to an aromatic ring is 2. The molecule has 0 amide bonds. The van der Waals surface area contributed by atoms with Gasteiger partial charge in [-0.15, -0.1) is 0 Å². The van der Waals surface area contributed by atoms with Gasteiger partial charge in [-0.05, 0) is 11.5 Å². The van der Waals surface area contributed by atoms with E-state index in [0.29, 0.717) is 18.0 Å². The predicted octanol–water partition coefficient (Wildman–Crippen LogP) is 3.18. The van der Waals surface area contributed by atoms with E-state index < -0.39 is 0 Å². The number of anilines is 2. The molecule has 0 unspecified atom stereocenters. The fraction of sp³-hybridized carbons (Fsp3) is 0.438. The number of aromatic nitrogens is 1. The van der Waals surface area contributed by atoms with E-state index in [1.807, 2.05) is 24.3 Å². The van der Waals surface area contributed by atoms with Crippen LogP contribution in [0.15, 0.2) is 24.3 Å². The molecule has 4 N–H and O–H groups in total. The van der Waals surface area contributed by atoms with E-state index in [2.05, 4.69) is 20.8 Å². The molecular weight excluding hydrogens is 250 g/mol. The topological polar surface area (TPSA) is 74.2 Å². The van der Waals surface area contributed by atoms with Gasteiger partial charge in [0.2, 0.25) is 0 Å². The summed E-state index contributed by atoms with van der Waals surface area (Å²) < 4.78 is 5.36. The molecule has 0 saturated heterocycles. The zero-order chi connectivity index (χ0) is 14.9. The maximum Gasteiger partial charge on any atom is 0.0777 e. The molecule has 0 spiro atoms. The number of para-hydroxylation sites is 1. The summed E-state index contributed by atoms with van der Waals surface area (Å²) in [4.78, 5) is 4.74. The standard InChI is InChI=1S/C16H23N3O/c1-16(2,3)11(9-20-4)15-14(18)13(17)10-7-5-6-8-12(10)19-15/h5-8,11H,9,18H2,1-4H3,(H2,17,19)/t11-/m1/s1. The Morgan fingerprint density at radius 2 is 1.80 bits per heavy atom. The Kier molecular flexibility index (Phi) is 3.86. The summed E-state index contributed by atoms with van der Waals surface area (Å²) in [5, 5.41) is 0.902. The van der Waals surface area contributed by atoms with E-state index in [1.165, 1.54) is 0 Å². The highest BCUT2D eigenvalue weighted by atomic mass is 16.5. The van der Waals surface area contributed by atoms with E-state index in [-0.39, 0.29) is 11.3 Å². The molecule has 0 fully saturated rings.